The van der Waals surface area contributed by atoms with Crippen molar-refractivity contribution < 1.29 is 14.3 Å². The number of anilines is 1. The zero-order chi connectivity index (χ0) is 17.9. The number of aryl methyl sites for hydroxylation is 1. The molecular formula is C19H22N4O3. The average molecular weight is 354 g/mol. The third kappa shape index (κ3) is 3.42. The molecule has 2 aliphatic heterocycles. The third-order valence-corrected chi connectivity index (χ3v) is 4.86. The highest BCUT2D eigenvalue weighted by Crippen LogP contribution is 2.35. The number of aromatic nitrogens is 2. The van der Waals surface area contributed by atoms with Crippen molar-refractivity contribution in [3.8, 4) is 11.5 Å². The monoisotopic (exact) mass is 354 g/mol. The van der Waals surface area contributed by atoms with Crippen molar-refractivity contribution in [1.29, 1.82) is 0 Å². The van der Waals surface area contributed by atoms with Gasteiger partial charge in [0.1, 0.15) is 19.5 Å². The number of ether oxygens (including phenoxy) is 2. The lowest BCUT2D eigenvalue weighted by Gasteiger charge is -2.32. The summed E-state index contributed by atoms with van der Waals surface area (Å²) in [4.78, 5) is 22.9. The molecule has 2 aliphatic rings. The van der Waals surface area contributed by atoms with E-state index in [2.05, 4.69) is 15.3 Å². The van der Waals surface area contributed by atoms with Crippen molar-refractivity contribution in [1.82, 2.24) is 14.9 Å². The third-order valence-electron chi connectivity index (χ3n) is 4.86. The highest BCUT2D eigenvalue weighted by molar-refractivity contribution is 5.90. The first kappa shape index (κ1) is 16.6. The van der Waals surface area contributed by atoms with Crippen LogP contribution >= 0.6 is 0 Å². The summed E-state index contributed by atoms with van der Waals surface area (Å²) in [5, 5.41) is 3.02. The van der Waals surface area contributed by atoms with Crippen molar-refractivity contribution in [2.24, 2.45) is 0 Å². The summed E-state index contributed by atoms with van der Waals surface area (Å²) in [7, 11) is 0. The van der Waals surface area contributed by atoms with Crippen molar-refractivity contribution in [3.05, 3.63) is 42.0 Å². The summed E-state index contributed by atoms with van der Waals surface area (Å²) in [6.45, 7) is 4.43. The number of benzene rings is 1. The number of fused-ring (bicyclic) bond motifs is 1. The van der Waals surface area contributed by atoms with Gasteiger partial charge in [-0.2, -0.15) is 0 Å². The summed E-state index contributed by atoms with van der Waals surface area (Å²) in [6, 6.07) is 5.58. The molecule has 1 fully saturated rings. The van der Waals surface area contributed by atoms with Gasteiger partial charge >= 0.3 is 6.03 Å². The Morgan fingerprint density at radius 1 is 1.27 bits per heavy atom. The topological polar surface area (TPSA) is 76.6 Å². The van der Waals surface area contributed by atoms with Crippen LogP contribution in [0.2, 0.25) is 0 Å². The van der Waals surface area contributed by atoms with Crippen LogP contribution in [0, 0.1) is 6.92 Å². The van der Waals surface area contributed by atoms with Crippen molar-refractivity contribution in [3.63, 3.8) is 0 Å². The normalized spacial score (nSPS) is 19.1. The van der Waals surface area contributed by atoms with E-state index in [9.17, 15) is 4.79 Å². The van der Waals surface area contributed by atoms with E-state index < -0.39 is 0 Å². The number of nitrogens with one attached hydrogen (secondary N) is 1. The molecule has 1 aromatic heterocycles. The molecule has 1 unspecified atom stereocenters. The first-order valence-electron chi connectivity index (χ1n) is 8.93. The Morgan fingerprint density at radius 3 is 2.85 bits per heavy atom. The second-order valence-corrected chi connectivity index (χ2v) is 6.66. The maximum Gasteiger partial charge on any atom is 0.321 e. The predicted octanol–water partition coefficient (Wildman–Crippen LogP) is 2.97. The summed E-state index contributed by atoms with van der Waals surface area (Å²) in [5.74, 6) is 1.65. The molecule has 1 aromatic carbocycles. The number of carbonyl (C=O) groups excluding carboxylic acids is 1. The van der Waals surface area contributed by atoms with Crippen molar-refractivity contribution in [2.45, 2.75) is 25.7 Å². The quantitative estimate of drug-likeness (QED) is 0.897. The molecule has 0 radical (unpaired) electrons. The summed E-state index contributed by atoms with van der Waals surface area (Å²) >= 11 is 0. The molecule has 1 N–H and O–H groups in total. The molecule has 1 saturated heterocycles. The van der Waals surface area contributed by atoms with E-state index in [1.807, 2.05) is 30.0 Å². The smallest absolute Gasteiger partial charge is 0.321 e. The number of amides is 2. The zero-order valence-electron chi connectivity index (χ0n) is 14.8. The van der Waals surface area contributed by atoms with Gasteiger partial charge in [0.15, 0.2) is 11.5 Å². The van der Waals surface area contributed by atoms with Gasteiger partial charge in [-0.1, -0.05) is 0 Å². The SMILES string of the molecule is Cc1cc2c(cc1NC(=O)N1CCCC(c3ccncn3)C1)OCCO2. The fourth-order valence-corrected chi connectivity index (χ4v) is 3.46. The lowest BCUT2D eigenvalue weighted by atomic mass is 9.95. The molecule has 26 heavy (non-hydrogen) atoms. The molecular weight excluding hydrogens is 332 g/mol. The largest absolute Gasteiger partial charge is 0.486 e. The van der Waals surface area contributed by atoms with Gasteiger partial charge in [0.25, 0.3) is 0 Å². The lowest BCUT2D eigenvalue weighted by molar-refractivity contribution is 0.171. The molecule has 7 heteroatoms. The highest BCUT2D eigenvalue weighted by atomic mass is 16.6. The van der Waals surface area contributed by atoms with E-state index in [0.717, 1.165) is 42.1 Å². The number of hydrogen-bond donors (Lipinski definition) is 1. The van der Waals surface area contributed by atoms with Gasteiger partial charge in [0, 0.05) is 42.7 Å². The Hall–Kier alpha value is -2.83. The summed E-state index contributed by atoms with van der Waals surface area (Å²) in [5.41, 5.74) is 2.70. The lowest BCUT2D eigenvalue weighted by Crippen LogP contribution is -2.41. The minimum atomic E-state index is -0.0940. The number of likely N-dealkylation sites (tertiary alicyclic amines) is 1. The van der Waals surface area contributed by atoms with Crippen LogP contribution in [-0.2, 0) is 0 Å². The molecule has 4 rings (SSSR count). The first-order chi connectivity index (χ1) is 12.7. The number of piperidine rings is 1. The standard InChI is InChI=1S/C19H22N4O3/c1-13-9-17-18(26-8-7-25-17)10-16(13)22-19(24)23-6-2-3-14(11-23)15-4-5-20-12-21-15/h4-5,9-10,12,14H,2-3,6-8,11H2,1H3,(H,22,24). The van der Waals surface area contributed by atoms with Crippen LogP contribution < -0.4 is 14.8 Å². The van der Waals surface area contributed by atoms with Crippen molar-refractivity contribution >= 4 is 11.7 Å². The first-order valence-corrected chi connectivity index (χ1v) is 8.93. The maximum atomic E-state index is 12.8. The van der Waals surface area contributed by atoms with Crippen LogP contribution in [0.4, 0.5) is 10.5 Å². The number of carbonyl (C=O) groups is 1. The van der Waals surface area contributed by atoms with Gasteiger partial charge in [-0.3, -0.25) is 0 Å². The number of rotatable bonds is 2. The number of urea groups is 1. The Bertz CT molecular complexity index is 797. The van der Waals surface area contributed by atoms with Crippen LogP contribution in [0.5, 0.6) is 11.5 Å². The molecule has 7 nitrogen and oxygen atoms in total. The van der Waals surface area contributed by atoms with E-state index in [0.29, 0.717) is 25.5 Å². The van der Waals surface area contributed by atoms with E-state index in [4.69, 9.17) is 9.47 Å². The van der Waals surface area contributed by atoms with Crippen LogP contribution in [0.3, 0.4) is 0 Å². The Kier molecular flexibility index (Phi) is 4.60. The maximum absolute atomic E-state index is 12.8. The molecule has 2 aromatic rings. The minimum Gasteiger partial charge on any atom is -0.486 e. The van der Waals surface area contributed by atoms with Gasteiger partial charge in [-0.15, -0.1) is 0 Å². The van der Waals surface area contributed by atoms with Crippen LogP contribution in [-0.4, -0.2) is 47.2 Å². The highest BCUT2D eigenvalue weighted by Gasteiger charge is 2.26. The molecule has 1 atom stereocenters. The second kappa shape index (κ2) is 7.19. The van der Waals surface area contributed by atoms with Gasteiger partial charge < -0.3 is 19.7 Å². The van der Waals surface area contributed by atoms with E-state index >= 15 is 0 Å². The van der Waals surface area contributed by atoms with Gasteiger partial charge in [0.05, 0.1) is 0 Å². The molecule has 0 bridgehead atoms. The average Bonchev–Trinajstić information content (AvgIpc) is 2.69. The zero-order valence-corrected chi connectivity index (χ0v) is 14.8. The van der Waals surface area contributed by atoms with Crippen LogP contribution in [0.15, 0.2) is 30.7 Å². The molecule has 2 amide bonds. The van der Waals surface area contributed by atoms with Gasteiger partial charge in [-0.25, -0.2) is 14.8 Å². The van der Waals surface area contributed by atoms with Crippen LogP contribution in [0.25, 0.3) is 0 Å². The minimum absolute atomic E-state index is 0.0940. The fourth-order valence-electron chi connectivity index (χ4n) is 3.46. The fraction of sp³-hybridized carbons (Fsp3) is 0.421. The predicted molar refractivity (Wildman–Crippen MR) is 96.8 cm³/mol. The Balaban J connectivity index is 1.46. The van der Waals surface area contributed by atoms with E-state index in [1.54, 1.807) is 12.5 Å². The summed E-state index contributed by atoms with van der Waals surface area (Å²) in [6.07, 6.45) is 5.30. The van der Waals surface area contributed by atoms with E-state index in [1.165, 1.54) is 0 Å². The van der Waals surface area contributed by atoms with Gasteiger partial charge in [0.2, 0.25) is 0 Å². The number of hydrogen-bond acceptors (Lipinski definition) is 5. The summed E-state index contributed by atoms with van der Waals surface area (Å²) < 4.78 is 11.2. The molecule has 0 aliphatic carbocycles. The Morgan fingerprint density at radius 2 is 2.08 bits per heavy atom. The van der Waals surface area contributed by atoms with E-state index in [-0.39, 0.29) is 11.9 Å². The second-order valence-electron chi connectivity index (χ2n) is 6.66. The molecule has 136 valence electrons. The van der Waals surface area contributed by atoms with Gasteiger partial charge in [-0.05, 0) is 37.5 Å². The molecule has 0 saturated carbocycles. The Labute approximate surface area is 152 Å². The molecule has 0 spiro atoms. The number of nitrogens with zero attached hydrogens (tertiary/aromatic N) is 3. The van der Waals surface area contributed by atoms with Crippen LogP contribution in [0.1, 0.15) is 30.0 Å². The van der Waals surface area contributed by atoms with Crippen molar-refractivity contribution in [2.75, 3.05) is 31.6 Å². The molecule has 3 heterocycles.